The number of aromatic nitrogens is 1. The third-order valence-electron chi connectivity index (χ3n) is 3.52. The van der Waals surface area contributed by atoms with Crippen molar-refractivity contribution in [1.82, 2.24) is 0 Å². The van der Waals surface area contributed by atoms with Gasteiger partial charge in [-0.1, -0.05) is 0 Å². The number of carbonyl (C=O) groups is 2. The number of hydrogen-bond donors (Lipinski definition) is 1. The zero-order valence-electron chi connectivity index (χ0n) is 12.9. The molecule has 0 aliphatic heterocycles. The molecule has 5 nitrogen and oxygen atoms in total. The molecule has 0 atom stereocenters. The molecule has 2 rings (SSSR count). The van der Waals surface area contributed by atoms with Gasteiger partial charge in [-0.15, -0.1) is 0 Å². The fourth-order valence-electron chi connectivity index (χ4n) is 2.08. The van der Waals surface area contributed by atoms with Gasteiger partial charge in [0, 0.05) is 24.2 Å². The molecule has 0 fully saturated rings. The lowest BCUT2D eigenvalue weighted by Crippen LogP contribution is -2.43. The van der Waals surface area contributed by atoms with Crippen molar-refractivity contribution in [2.75, 3.05) is 12.4 Å². The summed E-state index contributed by atoms with van der Waals surface area (Å²) in [6.45, 7) is 4.23. The molecule has 1 aromatic heterocycles. The van der Waals surface area contributed by atoms with Gasteiger partial charge in [-0.2, -0.15) is 4.57 Å². The number of benzene rings is 1. The predicted molar refractivity (Wildman–Crippen MR) is 82.5 cm³/mol. The maximum atomic E-state index is 12.1. The van der Waals surface area contributed by atoms with Crippen molar-refractivity contribution in [2.45, 2.75) is 20.4 Å². The number of anilines is 1. The van der Waals surface area contributed by atoms with Crippen LogP contribution in [0, 0.1) is 13.8 Å². The van der Waals surface area contributed by atoms with Crippen LogP contribution >= 0.6 is 0 Å². The first kappa shape index (κ1) is 15.7. The Balaban J connectivity index is 2.03. The number of hydrogen-bond acceptors (Lipinski definition) is 3. The zero-order valence-corrected chi connectivity index (χ0v) is 12.9. The van der Waals surface area contributed by atoms with E-state index in [9.17, 15) is 9.59 Å². The molecule has 1 heterocycles. The van der Waals surface area contributed by atoms with Gasteiger partial charge in [0.2, 0.25) is 6.54 Å². The third-order valence-corrected chi connectivity index (χ3v) is 3.52. The Kier molecular flexibility index (Phi) is 4.88. The van der Waals surface area contributed by atoms with Crippen LogP contribution in [0.25, 0.3) is 0 Å². The van der Waals surface area contributed by atoms with Crippen LogP contribution in [0.4, 0.5) is 5.69 Å². The molecule has 0 radical (unpaired) electrons. The summed E-state index contributed by atoms with van der Waals surface area (Å²) < 4.78 is 6.53. The Morgan fingerprint density at radius 3 is 2.45 bits per heavy atom. The highest BCUT2D eigenvalue weighted by atomic mass is 16.5. The second-order valence-electron chi connectivity index (χ2n) is 5.02. The van der Waals surface area contributed by atoms with Crippen LogP contribution in [0.5, 0.6) is 0 Å². The number of nitrogens with one attached hydrogen (secondary N) is 1. The highest BCUT2D eigenvalue weighted by Crippen LogP contribution is 2.10. The summed E-state index contributed by atoms with van der Waals surface area (Å²) in [7, 11) is 1.33. The van der Waals surface area contributed by atoms with E-state index < -0.39 is 5.97 Å². The van der Waals surface area contributed by atoms with E-state index in [2.05, 4.69) is 10.1 Å². The average Bonchev–Trinajstić information content (AvgIpc) is 2.52. The molecule has 22 heavy (non-hydrogen) atoms. The molecule has 5 heteroatoms. The van der Waals surface area contributed by atoms with Crippen LogP contribution in [0.3, 0.4) is 0 Å². The monoisotopic (exact) mass is 299 g/mol. The van der Waals surface area contributed by atoms with Crippen LogP contribution in [-0.2, 0) is 16.1 Å². The fourth-order valence-corrected chi connectivity index (χ4v) is 2.08. The number of carbonyl (C=O) groups excluding carboxylic acids is 2. The number of ether oxygens (including phenoxy) is 1. The highest BCUT2D eigenvalue weighted by Gasteiger charge is 2.14. The summed E-state index contributed by atoms with van der Waals surface area (Å²) >= 11 is 0. The number of esters is 1. The van der Waals surface area contributed by atoms with Gasteiger partial charge in [-0.3, -0.25) is 4.79 Å². The summed E-state index contributed by atoms with van der Waals surface area (Å²) in [5, 5.41) is 2.81. The van der Waals surface area contributed by atoms with E-state index in [0.717, 1.165) is 11.3 Å². The summed E-state index contributed by atoms with van der Waals surface area (Å²) in [6.07, 6.45) is 1.88. The molecule has 2 aromatic rings. The molecule has 0 aliphatic carbocycles. The van der Waals surface area contributed by atoms with Crippen molar-refractivity contribution < 1.29 is 18.9 Å². The quantitative estimate of drug-likeness (QED) is 0.694. The van der Waals surface area contributed by atoms with Crippen molar-refractivity contribution in [3.05, 3.63) is 59.4 Å². The first-order valence-corrected chi connectivity index (χ1v) is 6.95. The lowest BCUT2D eigenvalue weighted by Gasteiger charge is -2.06. The van der Waals surface area contributed by atoms with Crippen LogP contribution in [0.15, 0.2) is 42.6 Å². The first-order chi connectivity index (χ1) is 10.5. The lowest BCUT2D eigenvalue weighted by atomic mass is 10.2. The molecular weight excluding hydrogens is 280 g/mol. The van der Waals surface area contributed by atoms with Gasteiger partial charge >= 0.3 is 5.97 Å². The third kappa shape index (κ3) is 3.69. The minimum absolute atomic E-state index is 0.121. The molecule has 1 amide bonds. The Morgan fingerprint density at radius 2 is 1.82 bits per heavy atom. The summed E-state index contributed by atoms with van der Waals surface area (Å²) in [5.74, 6) is -0.520. The van der Waals surface area contributed by atoms with Gasteiger partial charge in [-0.05, 0) is 37.3 Å². The van der Waals surface area contributed by atoms with Crippen molar-refractivity contribution in [2.24, 2.45) is 0 Å². The second-order valence-corrected chi connectivity index (χ2v) is 5.02. The van der Waals surface area contributed by atoms with E-state index in [4.69, 9.17) is 0 Å². The van der Waals surface area contributed by atoms with Crippen LogP contribution in [0.1, 0.15) is 21.6 Å². The largest absolute Gasteiger partial charge is 0.465 e. The van der Waals surface area contributed by atoms with Gasteiger partial charge in [0.1, 0.15) is 0 Å². The molecule has 0 saturated carbocycles. The van der Waals surface area contributed by atoms with Gasteiger partial charge in [-0.25, -0.2) is 4.79 Å². The topological polar surface area (TPSA) is 59.3 Å². The molecule has 0 spiro atoms. The van der Waals surface area contributed by atoms with Crippen molar-refractivity contribution in [3.8, 4) is 0 Å². The molecule has 0 bridgehead atoms. The molecule has 0 unspecified atom stereocenters. The van der Waals surface area contributed by atoms with Crippen molar-refractivity contribution in [3.63, 3.8) is 0 Å². The van der Waals surface area contributed by atoms with E-state index in [-0.39, 0.29) is 12.5 Å². The second kappa shape index (κ2) is 6.85. The number of pyridine rings is 1. The van der Waals surface area contributed by atoms with Crippen LogP contribution in [0.2, 0.25) is 0 Å². The van der Waals surface area contributed by atoms with Crippen molar-refractivity contribution in [1.29, 1.82) is 0 Å². The highest BCUT2D eigenvalue weighted by molar-refractivity contribution is 5.92. The smallest absolute Gasteiger partial charge is 0.337 e. The molecule has 0 aliphatic rings. The summed E-state index contributed by atoms with van der Waals surface area (Å²) in [5.41, 5.74) is 3.28. The molecular formula is C17H19N2O3+. The Morgan fingerprint density at radius 1 is 1.14 bits per heavy atom. The van der Waals surface area contributed by atoms with Crippen LogP contribution in [-0.4, -0.2) is 19.0 Å². The van der Waals surface area contributed by atoms with Gasteiger partial charge in [0.15, 0.2) is 11.9 Å². The molecule has 1 N–H and O–H groups in total. The van der Waals surface area contributed by atoms with E-state index in [1.807, 2.05) is 36.7 Å². The Bertz CT molecular complexity index is 694. The number of methoxy groups -OCH3 is 1. The Hall–Kier alpha value is -2.69. The number of nitrogens with zero attached hydrogens (tertiary/aromatic N) is 1. The van der Waals surface area contributed by atoms with Gasteiger partial charge in [0.25, 0.3) is 5.91 Å². The maximum Gasteiger partial charge on any atom is 0.337 e. The van der Waals surface area contributed by atoms with E-state index in [1.54, 1.807) is 24.3 Å². The first-order valence-electron chi connectivity index (χ1n) is 6.95. The standard InChI is InChI=1S/C17H18N2O3/c1-12-5-4-10-19(13(12)2)11-16(20)18-15-8-6-14(7-9-15)17(21)22-3/h4-10H,11H2,1-3H3/p+1. The number of rotatable bonds is 4. The minimum Gasteiger partial charge on any atom is -0.465 e. The SMILES string of the molecule is COC(=O)c1ccc(NC(=O)C[n+]2cccc(C)c2C)cc1. The number of amides is 1. The Labute approximate surface area is 129 Å². The normalized spacial score (nSPS) is 10.1. The maximum absolute atomic E-state index is 12.1. The fraction of sp³-hybridized carbons (Fsp3) is 0.235. The van der Waals surface area contributed by atoms with Gasteiger partial charge in [0.05, 0.1) is 12.7 Å². The predicted octanol–water partition coefficient (Wildman–Crippen LogP) is 2.02. The molecule has 114 valence electrons. The lowest BCUT2D eigenvalue weighted by molar-refractivity contribution is -0.690. The minimum atomic E-state index is -0.399. The zero-order chi connectivity index (χ0) is 16.1. The van der Waals surface area contributed by atoms with E-state index in [1.165, 1.54) is 7.11 Å². The average molecular weight is 299 g/mol. The van der Waals surface area contributed by atoms with Crippen LogP contribution < -0.4 is 9.88 Å². The van der Waals surface area contributed by atoms with Gasteiger partial charge < -0.3 is 10.1 Å². The van der Waals surface area contributed by atoms with E-state index >= 15 is 0 Å². The molecule has 1 aromatic carbocycles. The summed E-state index contributed by atoms with van der Waals surface area (Å²) in [4.78, 5) is 23.4. The molecule has 0 saturated heterocycles. The van der Waals surface area contributed by atoms with Crippen molar-refractivity contribution >= 4 is 17.6 Å². The number of aryl methyl sites for hydroxylation is 1. The van der Waals surface area contributed by atoms with E-state index in [0.29, 0.717) is 11.3 Å². The summed E-state index contributed by atoms with van der Waals surface area (Å²) in [6, 6.07) is 10.5.